The third-order valence-corrected chi connectivity index (χ3v) is 18.6. The molecular formula is C79H143NO13. The minimum atomic E-state index is -1.80. The zero-order chi connectivity index (χ0) is 67.3. The van der Waals surface area contributed by atoms with Crippen LogP contribution in [0, 0.1) is 0 Å². The first-order valence-electron chi connectivity index (χ1n) is 38.7. The number of allylic oxidation sites excluding steroid dienone is 11. The van der Waals surface area contributed by atoms with Crippen LogP contribution in [0.25, 0.3) is 0 Å². The van der Waals surface area contributed by atoms with Crippen LogP contribution < -0.4 is 5.32 Å². The molecule has 542 valence electrons. The average Bonchev–Trinajstić information content (AvgIpc) is 0.851. The maximum Gasteiger partial charge on any atom is 0.220 e. The summed E-state index contributed by atoms with van der Waals surface area (Å²) in [6.45, 7) is 2.81. The smallest absolute Gasteiger partial charge is 0.220 e. The lowest BCUT2D eigenvalue weighted by Crippen LogP contribution is -2.65. The summed E-state index contributed by atoms with van der Waals surface area (Å²) < 4.78 is 22.9. The summed E-state index contributed by atoms with van der Waals surface area (Å²) in [7, 11) is 0. The van der Waals surface area contributed by atoms with Crippen LogP contribution in [0.5, 0.6) is 0 Å². The lowest BCUT2D eigenvalue weighted by Gasteiger charge is -2.46. The number of aliphatic hydroxyl groups is 8. The molecule has 0 bridgehead atoms. The van der Waals surface area contributed by atoms with Gasteiger partial charge in [-0.1, -0.05) is 311 Å². The number of hydrogen-bond acceptors (Lipinski definition) is 13. The van der Waals surface area contributed by atoms with E-state index in [-0.39, 0.29) is 18.9 Å². The fourth-order valence-electron chi connectivity index (χ4n) is 12.5. The number of unbranched alkanes of at least 4 members (excludes halogenated alkanes) is 41. The molecular weight excluding hydrogens is 1170 g/mol. The Morgan fingerprint density at radius 3 is 1.13 bits per heavy atom. The van der Waals surface area contributed by atoms with Crippen molar-refractivity contribution in [1.82, 2.24) is 5.32 Å². The molecule has 14 heteroatoms. The molecule has 2 heterocycles. The van der Waals surface area contributed by atoms with E-state index in [4.69, 9.17) is 18.9 Å². The van der Waals surface area contributed by atoms with Gasteiger partial charge in [-0.25, -0.2) is 0 Å². The van der Waals surface area contributed by atoms with Gasteiger partial charge in [-0.15, -0.1) is 0 Å². The number of amides is 1. The maximum atomic E-state index is 13.4. The van der Waals surface area contributed by atoms with Crippen LogP contribution in [0.3, 0.4) is 0 Å². The third-order valence-electron chi connectivity index (χ3n) is 18.6. The Bertz CT molecular complexity index is 1840. The van der Waals surface area contributed by atoms with Gasteiger partial charge in [0.1, 0.15) is 48.8 Å². The van der Waals surface area contributed by atoms with Crippen molar-refractivity contribution < 1.29 is 64.6 Å². The number of rotatable bonds is 64. The summed E-state index contributed by atoms with van der Waals surface area (Å²) in [5, 5.41) is 87.6. The molecule has 0 aromatic rings. The second-order valence-electron chi connectivity index (χ2n) is 27.1. The minimum absolute atomic E-state index is 0.251. The second-order valence-corrected chi connectivity index (χ2v) is 27.1. The van der Waals surface area contributed by atoms with E-state index < -0.39 is 86.8 Å². The van der Waals surface area contributed by atoms with E-state index in [0.29, 0.717) is 12.8 Å². The lowest BCUT2D eigenvalue weighted by molar-refractivity contribution is -0.359. The normalized spacial score (nSPS) is 22.9. The zero-order valence-corrected chi connectivity index (χ0v) is 59.2. The summed E-state index contributed by atoms with van der Waals surface area (Å²) in [6, 6.07) is -0.943. The predicted molar refractivity (Wildman–Crippen MR) is 383 cm³/mol. The first-order chi connectivity index (χ1) is 45.6. The molecule has 93 heavy (non-hydrogen) atoms. The SMILES string of the molecule is CCCCCCC/C=C\C/C=C\C/C=C\CCCCCCCCCCCCCCCCCCC(=O)NC(COC1OC(CO)C(OC2OC(CO)C(O)C(O)C2O)C(O)C1O)C(O)/C=C/CC/C=C/CC/C=C/CCCCCCCCCCCCCCCCCCCC. The molecule has 0 saturated carbocycles. The fraction of sp³-hybridized carbons (Fsp3) is 0.835. The van der Waals surface area contributed by atoms with E-state index in [1.54, 1.807) is 6.08 Å². The van der Waals surface area contributed by atoms with Crippen LogP contribution in [0.1, 0.15) is 328 Å². The summed E-state index contributed by atoms with van der Waals surface area (Å²) in [4.78, 5) is 13.4. The standard InChI is InChI=1S/C79H143NO13/c1-3-5-7-9-11-13-15-17-19-21-23-25-27-29-31-33-34-35-37-39-41-43-45-47-49-51-53-55-57-59-61-63-71(84)80-67(66-90-78-76(89)74(87)77(70(65-82)92-78)93-79-75(88)73(86)72(85)69(64-81)91-79)68(83)62-60-58-56-54-52-50-48-46-44-42-40-38-36-32-30-28-26-24-22-20-18-16-14-12-10-8-6-4-2/h15,17,21,23,27,29,44,46,52,54,60,62,67-70,72-79,81-83,85-89H,3-14,16,18-20,22,24-26,28,30-43,45,47-51,53,55-59,61,63-66H2,1-2H3,(H,80,84)/b17-15-,23-21-,29-27-,46-44+,54-52+,62-60+. The van der Waals surface area contributed by atoms with Crippen LogP contribution >= 0.6 is 0 Å². The highest BCUT2D eigenvalue weighted by Crippen LogP contribution is 2.30. The molecule has 2 aliphatic rings. The molecule has 0 radical (unpaired) electrons. The van der Waals surface area contributed by atoms with Gasteiger partial charge in [0.2, 0.25) is 5.91 Å². The van der Waals surface area contributed by atoms with Gasteiger partial charge < -0.3 is 65.1 Å². The van der Waals surface area contributed by atoms with E-state index in [2.05, 4.69) is 79.9 Å². The summed E-state index contributed by atoms with van der Waals surface area (Å²) >= 11 is 0. The van der Waals surface area contributed by atoms with Gasteiger partial charge in [-0.2, -0.15) is 0 Å². The van der Waals surface area contributed by atoms with Crippen molar-refractivity contribution in [2.45, 2.75) is 402 Å². The van der Waals surface area contributed by atoms with Gasteiger partial charge >= 0.3 is 0 Å². The Morgan fingerprint density at radius 2 is 0.720 bits per heavy atom. The van der Waals surface area contributed by atoms with E-state index in [1.165, 1.54) is 238 Å². The highest BCUT2D eigenvalue weighted by atomic mass is 16.7. The van der Waals surface area contributed by atoms with Crippen molar-refractivity contribution in [3.05, 3.63) is 72.9 Å². The molecule has 2 saturated heterocycles. The molecule has 2 fully saturated rings. The molecule has 0 aliphatic carbocycles. The second kappa shape index (κ2) is 62.9. The van der Waals surface area contributed by atoms with Crippen molar-refractivity contribution >= 4 is 5.91 Å². The molecule has 0 aromatic carbocycles. The molecule has 9 N–H and O–H groups in total. The first-order valence-corrected chi connectivity index (χ1v) is 38.7. The van der Waals surface area contributed by atoms with Crippen molar-refractivity contribution in [3.8, 4) is 0 Å². The fourth-order valence-corrected chi connectivity index (χ4v) is 12.5. The molecule has 0 spiro atoms. The lowest BCUT2D eigenvalue weighted by atomic mass is 9.97. The first kappa shape index (κ1) is 86.5. The van der Waals surface area contributed by atoms with Crippen LogP contribution in [-0.4, -0.2) is 140 Å². The van der Waals surface area contributed by atoms with E-state index in [9.17, 15) is 45.6 Å². The molecule has 12 atom stereocenters. The molecule has 0 aromatic heterocycles. The van der Waals surface area contributed by atoms with Crippen LogP contribution in [0.2, 0.25) is 0 Å². The highest BCUT2D eigenvalue weighted by Gasteiger charge is 2.51. The van der Waals surface area contributed by atoms with Gasteiger partial charge in [0, 0.05) is 6.42 Å². The van der Waals surface area contributed by atoms with E-state index in [1.807, 2.05) is 6.08 Å². The summed E-state index contributed by atoms with van der Waals surface area (Å²) in [5.74, 6) is -0.251. The molecule has 2 aliphatic heterocycles. The van der Waals surface area contributed by atoms with Gasteiger partial charge in [0.25, 0.3) is 0 Å². The van der Waals surface area contributed by atoms with Gasteiger partial charge in [0.15, 0.2) is 12.6 Å². The monoisotopic (exact) mass is 1310 g/mol. The Hall–Kier alpha value is -2.57. The topological polar surface area (TPSA) is 228 Å². The van der Waals surface area contributed by atoms with E-state index in [0.717, 1.165) is 57.8 Å². The van der Waals surface area contributed by atoms with Crippen LogP contribution in [0.15, 0.2) is 72.9 Å². The molecule has 2 rings (SSSR count). The van der Waals surface area contributed by atoms with Crippen LogP contribution in [-0.2, 0) is 23.7 Å². The summed E-state index contributed by atoms with van der Waals surface area (Å²) in [6.07, 6.45) is 69.7. The largest absolute Gasteiger partial charge is 0.394 e. The Kier molecular flexibility index (Phi) is 58.5. The quantitative estimate of drug-likeness (QED) is 0.0204. The number of carbonyl (C=O) groups is 1. The highest BCUT2D eigenvalue weighted by molar-refractivity contribution is 5.76. The Labute approximate surface area is 568 Å². The average molecular weight is 1320 g/mol. The third kappa shape index (κ3) is 46.4. The van der Waals surface area contributed by atoms with Crippen molar-refractivity contribution in [2.24, 2.45) is 0 Å². The van der Waals surface area contributed by atoms with E-state index >= 15 is 0 Å². The zero-order valence-electron chi connectivity index (χ0n) is 59.2. The van der Waals surface area contributed by atoms with Crippen molar-refractivity contribution in [1.29, 1.82) is 0 Å². The molecule has 1 amide bonds. The van der Waals surface area contributed by atoms with Crippen LogP contribution in [0.4, 0.5) is 0 Å². The van der Waals surface area contributed by atoms with Gasteiger partial charge in [0.05, 0.1) is 32.0 Å². The molecule has 14 nitrogen and oxygen atoms in total. The van der Waals surface area contributed by atoms with Gasteiger partial charge in [-0.05, 0) is 83.5 Å². The molecule has 12 unspecified atom stereocenters. The van der Waals surface area contributed by atoms with Gasteiger partial charge in [-0.3, -0.25) is 4.79 Å². The predicted octanol–water partition coefficient (Wildman–Crippen LogP) is 17.0. The Balaban J connectivity index is 1.66. The maximum absolute atomic E-state index is 13.4. The number of hydrogen-bond donors (Lipinski definition) is 9. The summed E-state index contributed by atoms with van der Waals surface area (Å²) in [5.41, 5.74) is 0. The number of nitrogens with one attached hydrogen (secondary N) is 1. The number of carbonyl (C=O) groups excluding carboxylic acids is 1. The van der Waals surface area contributed by atoms with Crippen molar-refractivity contribution in [3.63, 3.8) is 0 Å². The number of ether oxygens (including phenoxy) is 4. The number of aliphatic hydroxyl groups excluding tert-OH is 8. The van der Waals surface area contributed by atoms with Crippen molar-refractivity contribution in [2.75, 3.05) is 19.8 Å². The Morgan fingerprint density at radius 1 is 0.387 bits per heavy atom. The minimum Gasteiger partial charge on any atom is -0.394 e.